The maximum atomic E-state index is 14.0. The first kappa shape index (κ1) is 27.3. The third kappa shape index (κ3) is 6.13. The van der Waals surface area contributed by atoms with Gasteiger partial charge in [0.05, 0.1) is 15.4 Å². The standard InChI is InChI=1S/C22H25F3N8O4/c1-30(2)9-10-31(3)17-8-7-14(11-18(17)33(36)37)21(26)19(22(23,24)25)13-27-20(29-21)28-15-5-4-6-16(12-15)32(34)35/h4-8,11-13H,9-10,26H2,1-3H3,(H2,27,28,29). The van der Waals surface area contributed by atoms with Gasteiger partial charge in [0.25, 0.3) is 11.4 Å². The number of guanidine groups is 1. The van der Waals surface area contributed by atoms with Gasteiger partial charge in [-0.25, -0.2) is 4.99 Å². The highest BCUT2D eigenvalue weighted by atomic mass is 19.4. The van der Waals surface area contributed by atoms with Crippen LogP contribution < -0.4 is 21.3 Å². The van der Waals surface area contributed by atoms with E-state index in [0.717, 1.165) is 12.1 Å². The van der Waals surface area contributed by atoms with Gasteiger partial charge in [-0.1, -0.05) is 12.1 Å². The van der Waals surface area contributed by atoms with Crippen molar-refractivity contribution >= 4 is 28.7 Å². The van der Waals surface area contributed by atoms with Crippen LogP contribution in [0.5, 0.6) is 0 Å². The lowest BCUT2D eigenvalue weighted by atomic mass is 9.90. The average Bonchev–Trinajstić information content (AvgIpc) is 2.81. The van der Waals surface area contributed by atoms with Gasteiger partial charge in [0.1, 0.15) is 5.69 Å². The van der Waals surface area contributed by atoms with Crippen molar-refractivity contribution < 1.29 is 23.0 Å². The maximum Gasteiger partial charge on any atom is 0.418 e. The highest BCUT2D eigenvalue weighted by Crippen LogP contribution is 2.42. The van der Waals surface area contributed by atoms with Gasteiger partial charge < -0.3 is 20.4 Å². The van der Waals surface area contributed by atoms with Crippen molar-refractivity contribution in [2.45, 2.75) is 11.8 Å². The molecule has 0 fully saturated rings. The van der Waals surface area contributed by atoms with Gasteiger partial charge in [0, 0.05) is 55.8 Å². The molecular weight excluding hydrogens is 497 g/mol. The van der Waals surface area contributed by atoms with Crippen LogP contribution in [0.15, 0.2) is 59.2 Å². The van der Waals surface area contributed by atoms with Crippen molar-refractivity contribution in [1.82, 2.24) is 10.2 Å². The van der Waals surface area contributed by atoms with Crippen LogP contribution in [0.3, 0.4) is 0 Å². The fourth-order valence-electron chi connectivity index (χ4n) is 3.64. The summed E-state index contributed by atoms with van der Waals surface area (Å²) in [6.45, 7) is 1.01. The lowest BCUT2D eigenvalue weighted by molar-refractivity contribution is -0.384. The lowest BCUT2D eigenvalue weighted by Gasteiger charge is -2.34. The summed E-state index contributed by atoms with van der Waals surface area (Å²) in [6, 6.07) is 8.79. The van der Waals surface area contributed by atoms with Crippen molar-refractivity contribution in [1.29, 1.82) is 0 Å². The number of likely N-dealkylation sites (N-methyl/N-ethyl adjacent to an activating group) is 2. The highest BCUT2D eigenvalue weighted by Gasteiger charge is 2.50. The largest absolute Gasteiger partial charge is 0.418 e. The lowest BCUT2D eigenvalue weighted by Crippen LogP contribution is -2.49. The summed E-state index contributed by atoms with van der Waals surface area (Å²) in [5.41, 5.74) is 1.78. The SMILES string of the molecule is CN(C)CCN(C)c1ccc(C2(N)N=C(Nc3cccc([N+](=O)[O-])c3)NC=C2C(F)(F)F)cc1[N+](=O)[O-]. The molecule has 1 aliphatic heterocycles. The fourth-order valence-corrected chi connectivity index (χ4v) is 3.64. The summed E-state index contributed by atoms with van der Waals surface area (Å²) in [7, 11) is 5.31. The smallest absolute Gasteiger partial charge is 0.368 e. The Balaban J connectivity index is 2.06. The number of hydrogen-bond acceptors (Lipinski definition) is 10. The van der Waals surface area contributed by atoms with Crippen LogP contribution in [0.1, 0.15) is 5.56 Å². The van der Waals surface area contributed by atoms with Crippen LogP contribution in [0, 0.1) is 20.2 Å². The molecule has 0 spiro atoms. The van der Waals surface area contributed by atoms with E-state index in [-0.39, 0.29) is 28.6 Å². The molecule has 1 atom stereocenters. The van der Waals surface area contributed by atoms with Gasteiger partial charge in [-0.15, -0.1) is 0 Å². The zero-order chi connectivity index (χ0) is 27.5. The normalized spacial score (nSPS) is 17.5. The maximum absolute atomic E-state index is 14.0. The second-order valence-electron chi connectivity index (χ2n) is 8.54. The second kappa shape index (κ2) is 10.4. The van der Waals surface area contributed by atoms with Crippen LogP contribution in [0.4, 0.5) is 35.9 Å². The number of anilines is 2. The number of hydrogen-bond donors (Lipinski definition) is 3. The Morgan fingerprint density at radius 2 is 1.78 bits per heavy atom. The molecule has 1 unspecified atom stereocenters. The van der Waals surface area contributed by atoms with E-state index in [1.54, 1.807) is 11.9 Å². The zero-order valence-electron chi connectivity index (χ0n) is 20.1. The molecule has 0 aromatic heterocycles. The van der Waals surface area contributed by atoms with Crippen molar-refractivity contribution in [3.05, 3.63) is 80.0 Å². The van der Waals surface area contributed by atoms with E-state index in [0.29, 0.717) is 19.3 Å². The molecular formula is C22H25F3N8O4. The molecule has 0 amide bonds. The third-order valence-corrected chi connectivity index (χ3v) is 5.58. The number of aliphatic imine (C=N–C) groups is 1. The minimum atomic E-state index is -4.93. The number of halogens is 3. The van der Waals surface area contributed by atoms with Gasteiger partial charge in [0.2, 0.25) is 5.96 Å². The van der Waals surface area contributed by atoms with Crippen LogP contribution in [0.2, 0.25) is 0 Å². The Bertz CT molecular complexity index is 1260. The molecule has 2 aromatic rings. The minimum Gasteiger partial charge on any atom is -0.368 e. The molecule has 12 nitrogen and oxygen atoms in total. The molecule has 0 aliphatic carbocycles. The molecule has 4 N–H and O–H groups in total. The van der Waals surface area contributed by atoms with E-state index in [4.69, 9.17) is 5.73 Å². The van der Waals surface area contributed by atoms with Crippen LogP contribution in [-0.2, 0) is 5.66 Å². The van der Waals surface area contributed by atoms with E-state index in [1.807, 2.05) is 19.0 Å². The molecule has 15 heteroatoms. The first-order valence-electron chi connectivity index (χ1n) is 10.8. The van der Waals surface area contributed by atoms with Crippen LogP contribution in [0.25, 0.3) is 0 Å². The highest BCUT2D eigenvalue weighted by molar-refractivity contribution is 5.96. The Morgan fingerprint density at radius 3 is 2.38 bits per heavy atom. The quantitative estimate of drug-likeness (QED) is 0.350. The van der Waals surface area contributed by atoms with Crippen molar-refractivity contribution in [3.63, 3.8) is 0 Å². The number of nitrogens with zero attached hydrogens (tertiary/aromatic N) is 5. The molecule has 1 heterocycles. The van der Waals surface area contributed by atoms with Gasteiger partial charge in [-0.3, -0.25) is 26.0 Å². The first-order valence-corrected chi connectivity index (χ1v) is 10.8. The molecule has 0 bridgehead atoms. The molecule has 1 aliphatic rings. The molecule has 3 rings (SSSR count). The number of nitro benzene ring substituents is 2. The van der Waals surface area contributed by atoms with Gasteiger partial charge in [-0.05, 0) is 26.2 Å². The molecule has 198 valence electrons. The van der Waals surface area contributed by atoms with Gasteiger partial charge in [0.15, 0.2) is 5.66 Å². The number of nitrogens with one attached hydrogen (secondary N) is 2. The van der Waals surface area contributed by atoms with E-state index >= 15 is 0 Å². The predicted octanol–water partition coefficient (Wildman–Crippen LogP) is 3.13. The van der Waals surface area contributed by atoms with Gasteiger partial charge >= 0.3 is 6.18 Å². The average molecular weight is 522 g/mol. The number of nitro groups is 2. The number of nitrogens with two attached hydrogens (primary N) is 1. The Kier molecular flexibility index (Phi) is 7.69. The number of benzene rings is 2. The van der Waals surface area contributed by atoms with Crippen LogP contribution >= 0.6 is 0 Å². The zero-order valence-corrected chi connectivity index (χ0v) is 20.1. The number of alkyl halides is 3. The monoisotopic (exact) mass is 522 g/mol. The first-order chi connectivity index (χ1) is 17.2. The molecule has 0 saturated carbocycles. The molecule has 37 heavy (non-hydrogen) atoms. The Labute approximate surface area is 209 Å². The summed E-state index contributed by atoms with van der Waals surface area (Å²) >= 11 is 0. The Hall–Kier alpha value is -4.24. The Morgan fingerprint density at radius 1 is 1.08 bits per heavy atom. The topological polar surface area (TPSA) is 155 Å². The summed E-state index contributed by atoms with van der Waals surface area (Å²) in [5, 5.41) is 27.9. The predicted molar refractivity (Wildman–Crippen MR) is 132 cm³/mol. The molecule has 0 saturated heterocycles. The van der Waals surface area contributed by atoms with E-state index < -0.39 is 32.9 Å². The third-order valence-electron chi connectivity index (χ3n) is 5.58. The minimum absolute atomic E-state index is 0.163. The summed E-state index contributed by atoms with van der Waals surface area (Å²) in [5.74, 6) is -0.245. The van der Waals surface area contributed by atoms with E-state index in [2.05, 4.69) is 15.6 Å². The molecule has 2 aromatic carbocycles. The van der Waals surface area contributed by atoms with E-state index in [9.17, 15) is 33.4 Å². The van der Waals surface area contributed by atoms with Crippen molar-refractivity contribution in [2.75, 3.05) is 44.4 Å². The molecule has 0 radical (unpaired) electrons. The van der Waals surface area contributed by atoms with Gasteiger partial charge in [-0.2, -0.15) is 13.2 Å². The second-order valence-corrected chi connectivity index (χ2v) is 8.54. The van der Waals surface area contributed by atoms with Crippen molar-refractivity contribution in [3.8, 4) is 0 Å². The van der Waals surface area contributed by atoms with Crippen LogP contribution in [-0.4, -0.2) is 61.1 Å². The summed E-state index contributed by atoms with van der Waals surface area (Å²) in [4.78, 5) is 29.1. The number of rotatable bonds is 8. The summed E-state index contributed by atoms with van der Waals surface area (Å²) < 4.78 is 41.9. The van der Waals surface area contributed by atoms with Crippen molar-refractivity contribution in [2.24, 2.45) is 10.7 Å². The summed E-state index contributed by atoms with van der Waals surface area (Å²) in [6.07, 6.45) is -4.33. The fraction of sp³-hybridized carbons (Fsp3) is 0.318. The van der Waals surface area contributed by atoms with E-state index in [1.165, 1.54) is 30.3 Å². The number of non-ortho nitro benzene ring substituents is 1.